The first-order valence-corrected chi connectivity index (χ1v) is 7.24. The molecule has 1 amide bonds. The number of rotatable bonds is 1. The van der Waals surface area contributed by atoms with Crippen LogP contribution in [0.15, 0.2) is 18.2 Å². The van der Waals surface area contributed by atoms with E-state index in [0.29, 0.717) is 0 Å². The molecule has 1 saturated heterocycles. The average molecular weight is 294 g/mol. The van der Waals surface area contributed by atoms with Crippen LogP contribution in [0.25, 0.3) is 0 Å². The Kier molecular flexibility index (Phi) is 2.95. The zero-order valence-electron chi connectivity index (χ0n) is 9.79. The number of amides is 1. The molecular formula is C14H16BrNO. The van der Waals surface area contributed by atoms with Gasteiger partial charge in [0.1, 0.15) is 0 Å². The molecule has 1 aromatic rings. The van der Waals surface area contributed by atoms with Gasteiger partial charge in [-0.1, -0.05) is 22.0 Å². The molecule has 90 valence electrons. The van der Waals surface area contributed by atoms with E-state index in [1.54, 1.807) is 0 Å². The van der Waals surface area contributed by atoms with Crippen molar-refractivity contribution in [2.45, 2.75) is 36.9 Å². The Hall–Kier alpha value is -0.830. The standard InChI is InChI=1S/C14H16BrNO/c15-13-5-2-8-16(14(13)17)12-7-6-10-3-1-4-11(10)9-12/h6-7,9,13H,1-5,8H2. The molecule has 3 heteroatoms. The number of alkyl halides is 1. The molecule has 1 atom stereocenters. The van der Waals surface area contributed by atoms with Crippen LogP contribution in [0.2, 0.25) is 0 Å². The van der Waals surface area contributed by atoms with E-state index in [1.807, 2.05) is 4.90 Å². The third kappa shape index (κ3) is 2.01. The molecule has 2 aliphatic rings. The first-order chi connectivity index (χ1) is 8.25. The Labute approximate surface area is 110 Å². The van der Waals surface area contributed by atoms with Crippen molar-refractivity contribution in [2.24, 2.45) is 0 Å². The number of piperidine rings is 1. The van der Waals surface area contributed by atoms with Gasteiger partial charge in [0.25, 0.3) is 0 Å². The van der Waals surface area contributed by atoms with Crippen molar-refractivity contribution in [1.82, 2.24) is 0 Å². The summed E-state index contributed by atoms with van der Waals surface area (Å²) >= 11 is 3.46. The highest BCUT2D eigenvalue weighted by Gasteiger charge is 2.28. The van der Waals surface area contributed by atoms with E-state index in [-0.39, 0.29) is 10.7 Å². The van der Waals surface area contributed by atoms with Crippen molar-refractivity contribution >= 4 is 27.5 Å². The number of hydrogen-bond donors (Lipinski definition) is 0. The van der Waals surface area contributed by atoms with Crippen LogP contribution in [0.5, 0.6) is 0 Å². The number of fused-ring (bicyclic) bond motifs is 1. The van der Waals surface area contributed by atoms with Crippen LogP contribution < -0.4 is 4.90 Å². The number of carbonyl (C=O) groups excluding carboxylic acids is 1. The molecule has 1 unspecified atom stereocenters. The third-order valence-corrected chi connectivity index (χ3v) is 4.62. The Morgan fingerprint density at radius 2 is 2.00 bits per heavy atom. The third-order valence-electron chi connectivity index (χ3n) is 3.77. The molecule has 0 saturated carbocycles. The molecule has 0 N–H and O–H groups in total. The average Bonchev–Trinajstić information content (AvgIpc) is 2.79. The van der Waals surface area contributed by atoms with Crippen LogP contribution >= 0.6 is 15.9 Å². The maximum Gasteiger partial charge on any atom is 0.240 e. The summed E-state index contributed by atoms with van der Waals surface area (Å²) in [5.41, 5.74) is 3.99. The first-order valence-electron chi connectivity index (χ1n) is 6.33. The quantitative estimate of drug-likeness (QED) is 0.729. The Morgan fingerprint density at radius 1 is 1.18 bits per heavy atom. The van der Waals surface area contributed by atoms with E-state index in [4.69, 9.17) is 0 Å². The molecule has 0 spiro atoms. The predicted molar refractivity (Wildman–Crippen MR) is 72.8 cm³/mol. The van der Waals surface area contributed by atoms with Crippen molar-refractivity contribution in [1.29, 1.82) is 0 Å². The molecule has 1 fully saturated rings. The molecule has 3 rings (SSSR count). The maximum atomic E-state index is 12.1. The fourth-order valence-electron chi connectivity index (χ4n) is 2.81. The van der Waals surface area contributed by atoms with Crippen LogP contribution in [0, 0.1) is 0 Å². The highest BCUT2D eigenvalue weighted by atomic mass is 79.9. The number of halogens is 1. The maximum absolute atomic E-state index is 12.1. The van der Waals surface area contributed by atoms with Gasteiger partial charge in [0.15, 0.2) is 0 Å². The van der Waals surface area contributed by atoms with Gasteiger partial charge >= 0.3 is 0 Å². The van der Waals surface area contributed by atoms with Gasteiger partial charge in [0, 0.05) is 12.2 Å². The number of nitrogens with zero attached hydrogens (tertiary/aromatic N) is 1. The van der Waals surface area contributed by atoms with Gasteiger partial charge in [-0.25, -0.2) is 0 Å². The van der Waals surface area contributed by atoms with Gasteiger partial charge in [-0.15, -0.1) is 0 Å². The second-order valence-electron chi connectivity index (χ2n) is 4.91. The molecule has 1 aliphatic heterocycles. The van der Waals surface area contributed by atoms with Crippen molar-refractivity contribution in [3.8, 4) is 0 Å². The van der Waals surface area contributed by atoms with Crippen molar-refractivity contribution in [3.63, 3.8) is 0 Å². The highest BCUT2D eigenvalue weighted by Crippen LogP contribution is 2.29. The van der Waals surface area contributed by atoms with Crippen molar-refractivity contribution < 1.29 is 4.79 Å². The molecule has 1 aliphatic carbocycles. The molecule has 0 radical (unpaired) electrons. The highest BCUT2D eigenvalue weighted by molar-refractivity contribution is 9.10. The van der Waals surface area contributed by atoms with E-state index >= 15 is 0 Å². The zero-order chi connectivity index (χ0) is 11.8. The summed E-state index contributed by atoms with van der Waals surface area (Å²) in [6.07, 6.45) is 5.67. The lowest BCUT2D eigenvalue weighted by molar-refractivity contribution is -0.118. The monoisotopic (exact) mass is 293 g/mol. The van der Waals surface area contributed by atoms with Gasteiger partial charge in [-0.05, 0) is 55.4 Å². The lowest BCUT2D eigenvalue weighted by atomic mass is 10.1. The van der Waals surface area contributed by atoms with Crippen LogP contribution in [-0.2, 0) is 17.6 Å². The second kappa shape index (κ2) is 4.45. The van der Waals surface area contributed by atoms with Crippen LogP contribution in [0.4, 0.5) is 5.69 Å². The zero-order valence-corrected chi connectivity index (χ0v) is 11.4. The summed E-state index contributed by atoms with van der Waals surface area (Å²) in [5, 5.41) is 0. The fraction of sp³-hybridized carbons (Fsp3) is 0.500. The molecule has 2 nitrogen and oxygen atoms in total. The summed E-state index contributed by atoms with van der Waals surface area (Å²) in [4.78, 5) is 14.0. The van der Waals surface area contributed by atoms with E-state index in [1.165, 1.54) is 30.4 Å². The number of carbonyl (C=O) groups is 1. The molecule has 1 heterocycles. The number of hydrogen-bond acceptors (Lipinski definition) is 1. The lowest BCUT2D eigenvalue weighted by Crippen LogP contribution is -2.41. The minimum Gasteiger partial charge on any atom is -0.311 e. The lowest BCUT2D eigenvalue weighted by Gasteiger charge is -2.30. The number of aryl methyl sites for hydroxylation is 2. The Morgan fingerprint density at radius 3 is 2.88 bits per heavy atom. The normalized spacial score (nSPS) is 23.9. The Bertz CT molecular complexity index is 458. The van der Waals surface area contributed by atoms with E-state index in [9.17, 15) is 4.79 Å². The smallest absolute Gasteiger partial charge is 0.240 e. The SMILES string of the molecule is O=C1C(Br)CCCN1c1ccc2c(c1)CCC2. The number of anilines is 1. The molecule has 0 bridgehead atoms. The van der Waals surface area contributed by atoms with Crippen LogP contribution in [-0.4, -0.2) is 17.3 Å². The largest absolute Gasteiger partial charge is 0.311 e. The summed E-state index contributed by atoms with van der Waals surface area (Å²) in [6, 6.07) is 6.52. The number of benzene rings is 1. The topological polar surface area (TPSA) is 20.3 Å². The van der Waals surface area contributed by atoms with E-state index in [2.05, 4.69) is 34.1 Å². The van der Waals surface area contributed by atoms with Crippen molar-refractivity contribution in [2.75, 3.05) is 11.4 Å². The summed E-state index contributed by atoms with van der Waals surface area (Å²) in [5.74, 6) is 0.217. The van der Waals surface area contributed by atoms with Crippen LogP contribution in [0.3, 0.4) is 0 Å². The summed E-state index contributed by atoms with van der Waals surface area (Å²) in [6.45, 7) is 0.861. The van der Waals surface area contributed by atoms with Gasteiger partial charge in [0.05, 0.1) is 4.83 Å². The van der Waals surface area contributed by atoms with Gasteiger partial charge in [0.2, 0.25) is 5.91 Å². The van der Waals surface area contributed by atoms with E-state index in [0.717, 1.165) is 25.1 Å². The fourth-order valence-corrected chi connectivity index (χ4v) is 3.38. The van der Waals surface area contributed by atoms with Gasteiger partial charge in [-0.3, -0.25) is 4.79 Å². The van der Waals surface area contributed by atoms with Gasteiger partial charge < -0.3 is 4.90 Å². The molecule has 17 heavy (non-hydrogen) atoms. The molecular weight excluding hydrogens is 278 g/mol. The molecule has 1 aromatic carbocycles. The van der Waals surface area contributed by atoms with Gasteiger partial charge in [-0.2, -0.15) is 0 Å². The first kappa shape index (κ1) is 11.3. The predicted octanol–water partition coefficient (Wildman–Crippen LogP) is 3.07. The summed E-state index contributed by atoms with van der Waals surface area (Å²) < 4.78 is 0. The second-order valence-corrected chi connectivity index (χ2v) is 6.01. The summed E-state index contributed by atoms with van der Waals surface area (Å²) in [7, 11) is 0. The minimum atomic E-state index is 0.00417. The Balaban J connectivity index is 1.91. The van der Waals surface area contributed by atoms with Crippen LogP contribution in [0.1, 0.15) is 30.4 Å². The van der Waals surface area contributed by atoms with Crippen molar-refractivity contribution in [3.05, 3.63) is 29.3 Å². The molecule has 0 aromatic heterocycles. The minimum absolute atomic E-state index is 0.00417. The van der Waals surface area contributed by atoms with E-state index < -0.39 is 0 Å².